The van der Waals surface area contributed by atoms with Gasteiger partial charge in [-0.1, -0.05) is 0 Å². The molecule has 0 aliphatic carbocycles. The zero-order valence-electron chi connectivity index (χ0n) is 14.5. The van der Waals surface area contributed by atoms with Crippen LogP contribution in [0.15, 0.2) is 121 Å². The fourth-order valence-electron chi connectivity index (χ4n) is 3.75. The summed E-state index contributed by atoms with van der Waals surface area (Å²) in [5, 5.41) is 5.66. The molecule has 26 heavy (non-hydrogen) atoms. The Hall–Kier alpha value is -2.40. The van der Waals surface area contributed by atoms with E-state index in [0.29, 0.717) is 0 Å². The number of hydrogen-bond donors (Lipinski definition) is 0. The van der Waals surface area contributed by atoms with Crippen LogP contribution >= 0.6 is 19.7 Å². The zero-order chi connectivity index (χ0) is 17.0. The molecule has 0 saturated carbocycles. The molecule has 0 N–H and O–H groups in total. The SMILES string of the molecule is Cl.c1ccc([PH](c2ccccc2)(c2ccccc2)c2ccccc2)cc1. The summed E-state index contributed by atoms with van der Waals surface area (Å²) < 4.78 is 0. The van der Waals surface area contributed by atoms with Crippen molar-refractivity contribution in [2.45, 2.75) is 0 Å². The maximum atomic E-state index is 2.29. The van der Waals surface area contributed by atoms with Crippen LogP contribution < -0.4 is 21.2 Å². The van der Waals surface area contributed by atoms with Crippen molar-refractivity contribution in [3.63, 3.8) is 0 Å². The Morgan fingerprint density at radius 1 is 0.308 bits per heavy atom. The molecule has 130 valence electrons. The molecule has 0 heterocycles. The molecule has 4 rings (SSSR count). The van der Waals surface area contributed by atoms with Gasteiger partial charge in [0.05, 0.1) is 0 Å². The van der Waals surface area contributed by atoms with Gasteiger partial charge in [0, 0.05) is 0 Å². The van der Waals surface area contributed by atoms with Crippen LogP contribution in [0, 0.1) is 0 Å². The second-order valence-corrected chi connectivity index (χ2v) is 10.0. The molecule has 0 saturated heterocycles. The van der Waals surface area contributed by atoms with Crippen molar-refractivity contribution < 1.29 is 0 Å². The Labute approximate surface area is 162 Å². The Morgan fingerprint density at radius 3 is 0.692 bits per heavy atom. The van der Waals surface area contributed by atoms with Crippen molar-refractivity contribution in [2.75, 3.05) is 0 Å². The van der Waals surface area contributed by atoms with Crippen molar-refractivity contribution in [3.8, 4) is 0 Å². The van der Waals surface area contributed by atoms with Gasteiger partial charge in [0.1, 0.15) is 0 Å². The molecule has 0 unspecified atom stereocenters. The van der Waals surface area contributed by atoms with Gasteiger partial charge in [0.2, 0.25) is 0 Å². The van der Waals surface area contributed by atoms with Gasteiger partial charge in [-0.25, -0.2) is 0 Å². The van der Waals surface area contributed by atoms with Crippen molar-refractivity contribution in [1.82, 2.24) is 0 Å². The van der Waals surface area contributed by atoms with E-state index in [1.807, 2.05) is 0 Å². The van der Waals surface area contributed by atoms with Crippen molar-refractivity contribution in [3.05, 3.63) is 121 Å². The number of benzene rings is 4. The van der Waals surface area contributed by atoms with E-state index < -0.39 is 7.26 Å². The third kappa shape index (κ3) is 3.19. The van der Waals surface area contributed by atoms with E-state index >= 15 is 0 Å². The predicted molar refractivity (Wildman–Crippen MR) is 120 cm³/mol. The van der Waals surface area contributed by atoms with Gasteiger partial charge in [-0.2, -0.15) is 0 Å². The monoisotopic (exact) mass is 376 g/mol. The summed E-state index contributed by atoms with van der Waals surface area (Å²) in [4.78, 5) is 0. The molecular weight excluding hydrogens is 355 g/mol. The van der Waals surface area contributed by atoms with E-state index in [0.717, 1.165) is 0 Å². The van der Waals surface area contributed by atoms with Crippen LogP contribution in [0.25, 0.3) is 0 Å². The predicted octanol–water partition coefficient (Wildman–Crippen LogP) is 4.46. The van der Waals surface area contributed by atoms with Gasteiger partial charge in [-0.3, -0.25) is 0 Å². The molecule has 0 atom stereocenters. The van der Waals surface area contributed by atoms with E-state index in [1.54, 1.807) is 0 Å². The first-order valence-corrected chi connectivity index (χ1v) is 10.6. The van der Waals surface area contributed by atoms with E-state index in [2.05, 4.69) is 121 Å². The maximum absolute atomic E-state index is 2.30. The van der Waals surface area contributed by atoms with Crippen LogP contribution in [0.4, 0.5) is 0 Å². The van der Waals surface area contributed by atoms with Crippen LogP contribution in [0.5, 0.6) is 0 Å². The van der Waals surface area contributed by atoms with E-state index in [9.17, 15) is 0 Å². The molecule has 0 aromatic heterocycles. The molecule has 4 aromatic carbocycles. The summed E-state index contributed by atoms with van der Waals surface area (Å²) in [5.74, 6) is 0. The second kappa shape index (κ2) is 8.32. The van der Waals surface area contributed by atoms with Gasteiger partial charge in [0.25, 0.3) is 0 Å². The van der Waals surface area contributed by atoms with Crippen molar-refractivity contribution >= 4 is 40.9 Å². The van der Waals surface area contributed by atoms with Gasteiger partial charge in [0.15, 0.2) is 0 Å². The molecule has 0 aliphatic heterocycles. The summed E-state index contributed by atoms with van der Waals surface area (Å²) in [6.45, 7) is 0. The Bertz CT molecular complexity index is 759. The van der Waals surface area contributed by atoms with E-state index in [-0.39, 0.29) is 12.4 Å². The molecule has 4 aromatic rings. The normalized spacial score (nSPS) is 11.4. The molecule has 0 spiro atoms. The minimum absolute atomic E-state index is 0. The van der Waals surface area contributed by atoms with E-state index in [4.69, 9.17) is 0 Å². The standard InChI is InChI=1S/C24H21P.ClH/c1-5-13-21(14-6-1)25(22-15-7-2-8-16-22,23-17-9-3-10-18-23)24-19-11-4-12-20-24;/h1-20,25H;1H. The van der Waals surface area contributed by atoms with Crippen LogP contribution in [-0.2, 0) is 0 Å². The fraction of sp³-hybridized carbons (Fsp3) is 0. The van der Waals surface area contributed by atoms with Crippen molar-refractivity contribution in [2.24, 2.45) is 0 Å². The van der Waals surface area contributed by atoms with Gasteiger partial charge < -0.3 is 0 Å². The summed E-state index contributed by atoms with van der Waals surface area (Å²) in [5.41, 5.74) is 0. The molecule has 0 amide bonds. The Balaban J connectivity index is 0.00000196. The Morgan fingerprint density at radius 2 is 0.500 bits per heavy atom. The average Bonchev–Trinajstić information content (AvgIpc) is 2.72. The first-order chi connectivity index (χ1) is 12.4. The molecule has 0 aliphatic rings. The van der Waals surface area contributed by atoms with Crippen LogP contribution in [0.3, 0.4) is 0 Å². The fourth-order valence-corrected chi connectivity index (χ4v) is 8.52. The zero-order valence-corrected chi connectivity index (χ0v) is 16.3. The first kappa shape index (κ1) is 18.4. The van der Waals surface area contributed by atoms with Crippen LogP contribution in [0.2, 0.25) is 0 Å². The summed E-state index contributed by atoms with van der Waals surface area (Å²) in [6, 6.07) is 44.0. The van der Waals surface area contributed by atoms with E-state index in [1.165, 1.54) is 21.2 Å². The molecule has 2 heteroatoms. The molecule has 0 radical (unpaired) electrons. The van der Waals surface area contributed by atoms with Gasteiger partial charge in [-0.05, 0) is 0 Å². The molecular formula is C24H22ClP. The average molecular weight is 377 g/mol. The molecule has 0 nitrogen and oxygen atoms in total. The molecule has 0 bridgehead atoms. The second-order valence-electron chi connectivity index (χ2n) is 6.21. The van der Waals surface area contributed by atoms with Crippen molar-refractivity contribution in [1.29, 1.82) is 0 Å². The number of halogens is 1. The number of rotatable bonds is 4. The third-order valence-corrected chi connectivity index (χ3v) is 9.62. The topological polar surface area (TPSA) is 0 Å². The third-order valence-electron chi connectivity index (χ3n) is 4.83. The van der Waals surface area contributed by atoms with Gasteiger partial charge >= 0.3 is 150 Å². The minimum atomic E-state index is -2.30. The summed E-state index contributed by atoms with van der Waals surface area (Å²) >= 11 is 0. The first-order valence-electron chi connectivity index (χ1n) is 8.64. The van der Waals surface area contributed by atoms with Crippen LogP contribution in [0.1, 0.15) is 0 Å². The quantitative estimate of drug-likeness (QED) is 0.461. The van der Waals surface area contributed by atoms with Crippen LogP contribution in [-0.4, -0.2) is 0 Å². The summed E-state index contributed by atoms with van der Waals surface area (Å²) in [7, 11) is -2.30. The Kier molecular flexibility index (Phi) is 5.89. The molecule has 0 fully saturated rings. The summed E-state index contributed by atoms with van der Waals surface area (Å²) in [6.07, 6.45) is 0. The van der Waals surface area contributed by atoms with Gasteiger partial charge in [-0.15, -0.1) is 12.4 Å². The number of hydrogen-bond acceptors (Lipinski definition) is 0.